The molecule has 1 aromatic heterocycles. The normalized spacial score (nSPS) is 12.0. The highest BCUT2D eigenvalue weighted by atomic mass is 32.1. The van der Waals surface area contributed by atoms with Gasteiger partial charge in [-0.1, -0.05) is 19.9 Å². The van der Waals surface area contributed by atoms with E-state index in [1.54, 1.807) is 11.3 Å². The molecule has 0 aromatic carbocycles. The summed E-state index contributed by atoms with van der Waals surface area (Å²) in [6, 6.07) is 4.14. The Labute approximate surface area is 101 Å². The molecule has 0 atom stereocenters. The van der Waals surface area contributed by atoms with Gasteiger partial charge < -0.3 is 10.0 Å². The van der Waals surface area contributed by atoms with E-state index in [2.05, 4.69) is 16.3 Å². The minimum atomic E-state index is -0.727. The van der Waals surface area contributed by atoms with E-state index in [9.17, 15) is 4.79 Å². The van der Waals surface area contributed by atoms with Crippen LogP contribution >= 0.6 is 11.3 Å². The zero-order valence-electron chi connectivity index (χ0n) is 10.1. The molecule has 0 spiro atoms. The number of hydrogen-bond donors (Lipinski definition) is 1. The van der Waals surface area contributed by atoms with E-state index >= 15 is 0 Å². The first-order valence-corrected chi connectivity index (χ1v) is 6.20. The Kier molecular flexibility index (Phi) is 4.50. The van der Waals surface area contributed by atoms with Gasteiger partial charge in [-0.2, -0.15) is 0 Å². The minimum Gasteiger partial charge on any atom is -0.481 e. The molecule has 0 aliphatic rings. The highest BCUT2D eigenvalue weighted by Crippen LogP contribution is 2.22. The molecule has 90 valence electrons. The van der Waals surface area contributed by atoms with E-state index < -0.39 is 5.97 Å². The number of aliphatic carboxylic acids is 1. The summed E-state index contributed by atoms with van der Waals surface area (Å²) in [4.78, 5) is 14.2. The maximum absolute atomic E-state index is 10.7. The lowest BCUT2D eigenvalue weighted by molar-refractivity contribution is -0.139. The fourth-order valence-corrected chi connectivity index (χ4v) is 2.70. The Balaban J connectivity index is 2.44. The molecule has 1 heterocycles. The number of carboxylic acids is 1. The molecule has 0 amide bonds. The molecule has 0 radical (unpaired) electrons. The van der Waals surface area contributed by atoms with Crippen LogP contribution < -0.4 is 0 Å². The van der Waals surface area contributed by atoms with Crippen molar-refractivity contribution in [1.29, 1.82) is 0 Å². The quantitative estimate of drug-likeness (QED) is 0.832. The minimum absolute atomic E-state index is 0.183. The predicted molar refractivity (Wildman–Crippen MR) is 66.7 cm³/mol. The van der Waals surface area contributed by atoms with E-state index in [1.165, 1.54) is 4.88 Å². The number of rotatable bonds is 6. The Bertz CT molecular complexity index is 333. The molecule has 0 aliphatic carbocycles. The van der Waals surface area contributed by atoms with Crippen LogP contribution in [-0.4, -0.2) is 29.6 Å². The van der Waals surface area contributed by atoms with E-state index in [1.807, 2.05) is 27.0 Å². The standard InChI is InChI=1S/C12H19NO2S/c1-12(2,7-11(14)15)9-13(3)8-10-5-4-6-16-10/h4-6H,7-9H2,1-3H3,(H,14,15). The molecule has 0 saturated heterocycles. The van der Waals surface area contributed by atoms with Gasteiger partial charge in [0.2, 0.25) is 0 Å². The number of thiophene rings is 1. The van der Waals surface area contributed by atoms with Crippen LogP contribution in [0.1, 0.15) is 25.1 Å². The van der Waals surface area contributed by atoms with Crippen LogP contribution in [0, 0.1) is 5.41 Å². The van der Waals surface area contributed by atoms with Gasteiger partial charge in [0.05, 0.1) is 6.42 Å². The Morgan fingerprint density at radius 3 is 2.75 bits per heavy atom. The van der Waals surface area contributed by atoms with Gasteiger partial charge in [0, 0.05) is 18.0 Å². The molecule has 0 fully saturated rings. The third-order valence-corrected chi connectivity index (χ3v) is 3.19. The van der Waals surface area contributed by atoms with Crippen LogP contribution in [0.25, 0.3) is 0 Å². The van der Waals surface area contributed by atoms with Crippen LogP contribution in [0.2, 0.25) is 0 Å². The van der Waals surface area contributed by atoms with Crippen molar-refractivity contribution in [3.63, 3.8) is 0 Å². The maximum Gasteiger partial charge on any atom is 0.303 e. The molecule has 3 nitrogen and oxygen atoms in total. The molecular weight excluding hydrogens is 222 g/mol. The van der Waals surface area contributed by atoms with E-state index in [0.29, 0.717) is 0 Å². The van der Waals surface area contributed by atoms with Crippen molar-refractivity contribution < 1.29 is 9.90 Å². The van der Waals surface area contributed by atoms with E-state index in [0.717, 1.165) is 13.1 Å². The first-order chi connectivity index (χ1) is 7.39. The monoisotopic (exact) mass is 241 g/mol. The smallest absolute Gasteiger partial charge is 0.303 e. The zero-order valence-corrected chi connectivity index (χ0v) is 10.9. The van der Waals surface area contributed by atoms with Crippen LogP contribution in [0.3, 0.4) is 0 Å². The van der Waals surface area contributed by atoms with Gasteiger partial charge in [-0.15, -0.1) is 11.3 Å². The average Bonchev–Trinajstić information content (AvgIpc) is 2.51. The topological polar surface area (TPSA) is 40.5 Å². The second-order valence-electron chi connectivity index (χ2n) is 4.99. The summed E-state index contributed by atoms with van der Waals surface area (Å²) in [5.41, 5.74) is -0.183. The van der Waals surface area contributed by atoms with Crippen molar-refractivity contribution in [3.8, 4) is 0 Å². The van der Waals surface area contributed by atoms with Gasteiger partial charge >= 0.3 is 5.97 Å². The highest BCUT2D eigenvalue weighted by molar-refractivity contribution is 7.09. The molecule has 0 bridgehead atoms. The molecule has 1 rings (SSSR count). The summed E-state index contributed by atoms with van der Waals surface area (Å²) < 4.78 is 0. The lowest BCUT2D eigenvalue weighted by atomic mass is 9.89. The first-order valence-electron chi connectivity index (χ1n) is 5.32. The molecule has 0 saturated carbocycles. The predicted octanol–water partition coefficient (Wildman–Crippen LogP) is 2.68. The average molecular weight is 241 g/mol. The molecule has 1 aromatic rings. The molecular formula is C12H19NO2S. The largest absolute Gasteiger partial charge is 0.481 e. The second-order valence-corrected chi connectivity index (χ2v) is 6.02. The lowest BCUT2D eigenvalue weighted by Crippen LogP contribution is -2.32. The lowest BCUT2D eigenvalue weighted by Gasteiger charge is -2.28. The number of carboxylic acid groups (broad SMARTS) is 1. The Hall–Kier alpha value is -0.870. The van der Waals surface area contributed by atoms with Gasteiger partial charge in [0.25, 0.3) is 0 Å². The molecule has 16 heavy (non-hydrogen) atoms. The summed E-state index contributed by atoms with van der Waals surface area (Å²) in [6.07, 6.45) is 0.210. The molecule has 0 aliphatic heterocycles. The van der Waals surface area contributed by atoms with Crippen molar-refractivity contribution in [2.45, 2.75) is 26.8 Å². The SMILES string of the molecule is CN(Cc1cccs1)CC(C)(C)CC(=O)O. The van der Waals surface area contributed by atoms with Gasteiger partial charge in [-0.05, 0) is 23.9 Å². The summed E-state index contributed by atoms with van der Waals surface area (Å²) in [7, 11) is 2.03. The van der Waals surface area contributed by atoms with Crippen LogP contribution in [0.15, 0.2) is 17.5 Å². The fraction of sp³-hybridized carbons (Fsp3) is 0.583. The highest BCUT2D eigenvalue weighted by Gasteiger charge is 2.23. The van der Waals surface area contributed by atoms with Crippen molar-refractivity contribution >= 4 is 17.3 Å². The third-order valence-electron chi connectivity index (χ3n) is 2.33. The van der Waals surface area contributed by atoms with E-state index in [-0.39, 0.29) is 11.8 Å². The van der Waals surface area contributed by atoms with Gasteiger partial charge in [-0.25, -0.2) is 0 Å². The molecule has 1 N–H and O–H groups in total. The maximum atomic E-state index is 10.7. The number of carbonyl (C=O) groups is 1. The Morgan fingerprint density at radius 2 is 2.25 bits per heavy atom. The summed E-state index contributed by atoms with van der Waals surface area (Å²) in [5.74, 6) is -0.727. The van der Waals surface area contributed by atoms with Crippen LogP contribution in [0.5, 0.6) is 0 Å². The second kappa shape index (κ2) is 5.46. The van der Waals surface area contributed by atoms with Crippen LogP contribution in [0.4, 0.5) is 0 Å². The fourth-order valence-electron chi connectivity index (χ4n) is 1.92. The third kappa shape index (κ3) is 4.77. The van der Waals surface area contributed by atoms with Crippen molar-refractivity contribution in [2.24, 2.45) is 5.41 Å². The molecule has 0 unspecified atom stereocenters. The number of hydrogen-bond acceptors (Lipinski definition) is 3. The molecule has 4 heteroatoms. The summed E-state index contributed by atoms with van der Waals surface area (Å²) in [5, 5.41) is 10.9. The van der Waals surface area contributed by atoms with Crippen LogP contribution in [-0.2, 0) is 11.3 Å². The van der Waals surface area contributed by atoms with Crippen molar-refractivity contribution in [3.05, 3.63) is 22.4 Å². The first kappa shape index (κ1) is 13.2. The Morgan fingerprint density at radius 1 is 1.56 bits per heavy atom. The number of nitrogens with zero attached hydrogens (tertiary/aromatic N) is 1. The van der Waals surface area contributed by atoms with Crippen molar-refractivity contribution in [1.82, 2.24) is 4.90 Å². The van der Waals surface area contributed by atoms with Crippen molar-refractivity contribution in [2.75, 3.05) is 13.6 Å². The zero-order chi connectivity index (χ0) is 12.2. The summed E-state index contributed by atoms with van der Waals surface area (Å²) >= 11 is 1.73. The van der Waals surface area contributed by atoms with Gasteiger partial charge in [0.1, 0.15) is 0 Å². The van der Waals surface area contributed by atoms with Gasteiger partial charge in [0.15, 0.2) is 0 Å². The summed E-state index contributed by atoms with van der Waals surface area (Å²) in [6.45, 7) is 5.66. The van der Waals surface area contributed by atoms with E-state index in [4.69, 9.17) is 5.11 Å². The van der Waals surface area contributed by atoms with Gasteiger partial charge in [-0.3, -0.25) is 4.79 Å².